The van der Waals surface area contributed by atoms with E-state index in [1.54, 1.807) is 12.4 Å². The minimum Gasteiger partial charge on any atom is -0.338 e. The molecule has 0 atom stereocenters. The molecular weight excluding hydrogens is 466 g/mol. The third-order valence-electron chi connectivity index (χ3n) is 5.80. The molecule has 36 heavy (non-hydrogen) atoms. The van der Waals surface area contributed by atoms with Crippen molar-refractivity contribution in [1.29, 1.82) is 0 Å². The normalized spacial score (nSPS) is 11.9. The average Bonchev–Trinajstić information content (AvgIpc) is 3.58. The quantitative estimate of drug-likeness (QED) is 0.327. The highest BCUT2D eigenvalue weighted by molar-refractivity contribution is 5.91. The van der Waals surface area contributed by atoms with Crippen LogP contribution in [0, 0.1) is 0 Å². The standard InChI is InChI=1S/C26H24F2N6O2/c1-26(2,3)22-12-24(36-32-22)31-23(35)10-16-4-7-19(8-5-16)33-15-29-20-11-17(6-9-21(20)33)18-13-30-34(14-18)25(27)28/h4-9,11-15,25H,10H2,1-3H3,(H,31,35). The first kappa shape index (κ1) is 23.4. The summed E-state index contributed by atoms with van der Waals surface area (Å²) < 4.78 is 33.4. The summed E-state index contributed by atoms with van der Waals surface area (Å²) in [6.07, 6.45) is 4.61. The smallest absolute Gasteiger partial charge is 0.333 e. The van der Waals surface area contributed by atoms with Gasteiger partial charge >= 0.3 is 6.55 Å². The maximum atomic E-state index is 12.8. The molecule has 1 N–H and O–H groups in total. The third kappa shape index (κ3) is 4.74. The Kier molecular flexibility index (Phi) is 5.87. The number of alkyl halides is 2. The number of fused-ring (bicyclic) bond motifs is 1. The summed E-state index contributed by atoms with van der Waals surface area (Å²) in [6, 6.07) is 14.9. The van der Waals surface area contributed by atoms with Crippen LogP contribution < -0.4 is 5.32 Å². The molecule has 2 aromatic carbocycles. The highest BCUT2D eigenvalue weighted by Gasteiger charge is 2.20. The fraction of sp³-hybridized carbons (Fsp3) is 0.231. The van der Waals surface area contributed by atoms with Crippen molar-refractivity contribution in [2.24, 2.45) is 0 Å². The lowest BCUT2D eigenvalue weighted by Gasteiger charge is -2.12. The van der Waals surface area contributed by atoms with E-state index in [1.165, 1.54) is 12.4 Å². The summed E-state index contributed by atoms with van der Waals surface area (Å²) in [5.74, 6) is 0.127. The van der Waals surface area contributed by atoms with Crippen LogP contribution in [0.4, 0.5) is 14.7 Å². The molecule has 1 amide bonds. The zero-order chi connectivity index (χ0) is 25.4. The Bertz CT molecular complexity index is 1530. The summed E-state index contributed by atoms with van der Waals surface area (Å²) in [6.45, 7) is 3.38. The van der Waals surface area contributed by atoms with Crippen LogP contribution in [-0.4, -0.2) is 30.4 Å². The molecule has 0 bridgehead atoms. The Morgan fingerprint density at radius 3 is 2.53 bits per heavy atom. The Labute approximate surface area is 205 Å². The SMILES string of the molecule is CC(C)(C)c1cc(NC(=O)Cc2ccc(-n3cnc4cc(-c5cnn(C(F)F)c5)ccc43)cc2)on1. The van der Waals surface area contributed by atoms with Crippen molar-refractivity contribution in [2.75, 3.05) is 5.32 Å². The lowest BCUT2D eigenvalue weighted by Crippen LogP contribution is -2.14. The number of halogens is 2. The first-order valence-electron chi connectivity index (χ1n) is 11.3. The molecular formula is C26H24F2N6O2. The van der Waals surface area contributed by atoms with Gasteiger partial charge in [-0.15, -0.1) is 0 Å². The van der Waals surface area contributed by atoms with Crippen LogP contribution in [0.3, 0.4) is 0 Å². The molecule has 0 fully saturated rings. The van der Waals surface area contributed by atoms with Crippen molar-refractivity contribution in [3.8, 4) is 16.8 Å². The van der Waals surface area contributed by atoms with Gasteiger partial charge in [-0.25, -0.2) is 9.67 Å². The molecule has 10 heteroatoms. The zero-order valence-corrected chi connectivity index (χ0v) is 19.9. The van der Waals surface area contributed by atoms with E-state index in [-0.39, 0.29) is 17.7 Å². The number of hydrogen-bond donors (Lipinski definition) is 1. The molecule has 5 rings (SSSR count). The van der Waals surface area contributed by atoms with E-state index >= 15 is 0 Å². The third-order valence-corrected chi connectivity index (χ3v) is 5.80. The highest BCUT2D eigenvalue weighted by Crippen LogP contribution is 2.27. The number of hydrogen-bond acceptors (Lipinski definition) is 5. The average molecular weight is 491 g/mol. The van der Waals surface area contributed by atoms with Crippen molar-refractivity contribution in [2.45, 2.75) is 39.2 Å². The van der Waals surface area contributed by atoms with Crippen molar-refractivity contribution in [3.05, 3.63) is 78.5 Å². The number of nitrogens with one attached hydrogen (secondary N) is 1. The van der Waals surface area contributed by atoms with Gasteiger partial charge in [-0.05, 0) is 35.4 Å². The van der Waals surface area contributed by atoms with Gasteiger partial charge in [-0.3, -0.25) is 14.7 Å². The Balaban J connectivity index is 1.29. The summed E-state index contributed by atoms with van der Waals surface area (Å²) in [4.78, 5) is 16.9. The number of carbonyl (C=O) groups excluding carboxylic acids is 1. The fourth-order valence-corrected chi connectivity index (χ4v) is 3.82. The molecule has 3 heterocycles. The lowest BCUT2D eigenvalue weighted by atomic mass is 9.92. The maximum Gasteiger partial charge on any atom is 0.333 e. The van der Waals surface area contributed by atoms with E-state index in [4.69, 9.17) is 4.52 Å². The molecule has 0 unspecified atom stereocenters. The molecule has 0 spiro atoms. The van der Waals surface area contributed by atoms with Crippen molar-refractivity contribution >= 4 is 22.8 Å². The number of benzene rings is 2. The number of imidazole rings is 1. The van der Waals surface area contributed by atoms with E-state index in [0.29, 0.717) is 16.1 Å². The summed E-state index contributed by atoms with van der Waals surface area (Å²) in [5, 5.41) is 10.4. The van der Waals surface area contributed by atoms with Crippen LogP contribution in [0.25, 0.3) is 27.8 Å². The predicted molar refractivity (Wildman–Crippen MR) is 131 cm³/mol. The van der Waals surface area contributed by atoms with E-state index in [0.717, 1.165) is 33.5 Å². The van der Waals surface area contributed by atoms with Gasteiger partial charge in [0.2, 0.25) is 11.8 Å². The van der Waals surface area contributed by atoms with Crippen molar-refractivity contribution in [3.63, 3.8) is 0 Å². The molecule has 184 valence electrons. The minimum atomic E-state index is -2.68. The van der Waals surface area contributed by atoms with Crippen molar-refractivity contribution in [1.82, 2.24) is 24.5 Å². The Morgan fingerprint density at radius 1 is 1.08 bits per heavy atom. The monoisotopic (exact) mass is 490 g/mol. The van der Waals surface area contributed by atoms with Gasteiger partial charge in [0.1, 0.15) is 6.33 Å². The second-order valence-electron chi connectivity index (χ2n) is 9.52. The summed E-state index contributed by atoms with van der Waals surface area (Å²) in [7, 11) is 0. The first-order chi connectivity index (χ1) is 17.2. The van der Waals surface area contributed by atoms with E-state index < -0.39 is 6.55 Å². The molecule has 8 nitrogen and oxygen atoms in total. The summed E-state index contributed by atoms with van der Waals surface area (Å²) >= 11 is 0. The Hall–Kier alpha value is -4.34. The largest absolute Gasteiger partial charge is 0.338 e. The number of rotatable bonds is 6. The van der Waals surface area contributed by atoms with Gasteiger partial charge in [0.15, 0.2) is 0 Å². The highest BCUT2D eigenvalue weighted by atomic mass is 19.3. The van der Waals surface area contributed by atoms with Crippen LogP contribution in [-0.2, 0) is 16.6 Å². The predicted octanol–water partition coefficient (Wildman–Crippen LogP) is 5.75. The van der Waals surface area contributed by atoms with Gasteiger partial charge in [0.25, 0.3) is 0 Å². The van der Waals surface area contributed by atoms with Gasteiger partial charge < -0.3 is 4.52 Å². The molecule has 5 aromatic rings. The van der Waals surface area contributed by atoms with Gasteiger partial charge in [-0.1, -0.05) is 44.1 Å². The Morgan fingerprint density at radius 2 is 1.86 bits per heavy atom. The van der Waals surface area contributed by atoms with Crippen LogP contribution >= 0.6 is 0 Å². The van der Waals surface area contributed by atoms with Crippen LogP contribution in [0.15, 0.2) is 71.8 Å². The molecule has 0 aliphatic heterocycles. The maximum absolute atomic E-state index is 12.8. The number of nitrogens with zero attached hydrogens (tertiary/aromatic N) is 5. The second-order valence-corrected chi connectivity index (χ2v) is 9.52. The van der Waals surface area contributed by atoms with Crippen LogP contribution in [0.2, 0.25) is 0 Å². The molecule has 3 aromatic heterocycles. The van der Waals surface area contributed by atoms with Gasteiger partial charge in [0.05, 0.1) is 29.3 Å². The molecule has 0 radical (unpaired) electrons. The van der Waals surface area contributed by atoms with E-state index in [9.17, 15) is 13.6 Å². The van der Waals surface area contributed by atoms with Crippen LogP contribution in [0.5, 0.6) is 0 Å². The molecule has 0 saturated heterocycles. The number of amides is 1. The van der Waals surface area contributed by atoms with E-state index in [2.05, 4.69) is 20.6 Å². The van der Waals surface area contributed by atoms with Gasteiger partial charge in [-0.2, -0.15) is 13.9 Å². The van der Waals surface area contributed by atoms with E-state index in [1.807, 2.05) is 67.8 Å². The van der Waals surface area contributed by atoms with Crippen molar-refractivity contribution < 1.29 is 18.1 Å². The minimum absolute atomic E-state index is 0.168. The fourth-order valence-electron chi connectivity index (χ4n) is 3.82. The first-order valence-corrected chi connectivity index (χ1v) is 11.3. The zero-order valence-electron chi connectivity index (χ0n) is 19.9. The van der Waals surface area contributed by atoms with Crippen LogP contribution in [0.1, 0.15) is 38.6 Å². The number of aromatic nitrogens is 5. The number of anilines is 1. The molecule has 0 aliphatic rings. The van der Waals surface area contributed by atoms with Gasteiger partial charge in [0, 0.05) is 28.9 Å². The topological polar surface area (TPSA) is 90.8 Å². The lowest BCUT2D eigenvalue weighted by molar-refractivity contribution is -0.115. The molecule has 0 saturated carbocycles. The second kappa shape index (κ2) is 9.03. The molecule has 0 aliphatic carbocycles. The number of carbonyl (C=O) groups is 1. The summed E-state index contributed by atoms with van der Waals surface area (Å²) in [5.41, 5.74) is 5.26.